The lowest BCUT2D eigenvalue weighted by Crippen LogP contribution is -2.52. The van der Waals surface area contributed by atoms with E-state index in [1.54, 1.807) is 16.7 Å². The van der Waals surface area contributed by atoms with Gasteiger partial charge in [-0.15, -0.1) is 11.8 Å². The van der Waals surface area contributed by atoms with Gasteiger partial charge < -0.3 is 20.6 Å². The summed E-state index contributed by atoms with van der Waals surface area (Å²) >= 11 is 5.42. The average Bonchev–Trinajstić information content (AvgIpc) is 3.46. The number of fused-ring (bicyclic) bond motifs is 1. The lowest BCUT2D eigenvalue weighted by molar-refractivity contribution is -0.138. The Morgan fingerprint density at radius 2 is 1.86 bits per heavy atom. The summed E-state index contributed by atoms with van der Waals surface area (Å²) in [5, 5.41) is 15.4. The number of anilines is 2. The maximum Gasteiger partial charge on any atom is 0.248 e. The van der Waals surface area contributed by atoms with Crippen molar-refractivity contribution in [3.8, 4) is 0 Å². The van der Waals surface area contributed by atoms with Crippen LogP contribution >= 0.6 is 27.7 Å². The number of likely N-dealkylation sites (tertiary alicyclic amines) is 1. The van der Waals surface area contributed by atoms with Crippen LogP contribution in [-0.4, -0.2) is 61.7 Å². The van der Waals surface area contributed by atoms with Crippen LogP contribution in [0.5, 0.6) is 0 Å². The highest BCUT2D eigenvalue weighted by Gasteiger charge is 2.75. The number of aryl methyl sites for hydroxylation is 2. The number of rotatable bonds is 8. The fourth-order valence-corrected chi connectivity index (χ4v) is 9.80. The molecule has 0 aliphatic carbocycles. The van der Waals surface area contributed by atoms with E-state index < -0.39 is 22.6 Å². The van der Waals surface area contributed by atoms with Crippen LogP contribution in [0.2, 0.25) is 0 Å². The normalized spacial score (nSPS) is 29.9. The summed E-state index contributed by atoms with van der Waals surface area (Å²) in [4.78, 5) is 43.3. The summed E-state index contributed by atoms with van der Waals surface area (Å²) in [6, 6.07) is 14.5. The number of carbonyl (C=O) groups excluding carboxylic acids is 3. The Hall–Kier alpha value is -2.36. The molecule has 3 aliphatic heterocycles. The van der Waals surface area contributed by atoms with E-state index in [0.717, 1.165) is 16.8 Å². The molecular weight excluding hydrogens is 554 g/mol. The summed E-state index contributed by atoms with van der Waals surface area (Å²) < 4.78 is -0.699. The molecule has 3 unspecified atom stereocenters. The third-order valence-corrected chi connectivity index (χ3v) is 11.1. The van der Waals surface area contributed by atoms with Crippen molar-refractivity contribution < 1.29 is 19.5 Å². The summed E-state index contributed by atoms with van der Waals surface area (Å²) in [5.41, 5.74) is 3.41. The topological polar surface area (TPSA) is 98.7 Å². The number of nitrogens with zero attached hydrogens (tertiary/aromatic N) is 1. The minimum Gasteiger partial charge on any atom is -0.396 e. The van der Waals surface area contributed by atoms with Crippen molar-refractivity contribution in [3.05, 3.63) is 59.7 Å². The Morgan fingerprint density at radius 1 is 1.11 bits per heavy atom. The monoisotopic (exact) mass is 585 g/mol. The minimum absolute atomic E-state index is 0.0153. The van der Waals surface area contributed by atoms with Crippen molar-refractivity contribution in [2.45, 2.75) is 54.0 Å². The number of amides is 3. The van der Waals surface area contributed by atoms with Gasteiger partial charge in [0, 0.05) is 34.6 Å². The van der Waals surface area contributed by atoms with Gasteiger partial charge >= 0.3 is 0 Å². The molecule has 3 fully saturated rings. The maximum absolute atomic E-state index is 14.0. The van der Waals surface area contributed by atoms with Crippen LogP contribution in [0.15, 0.2) is 48.5 Å². The van der Waals surface area contributed by atoms with Crippen LogP contribution in [0.25, 0.3) is 0 Å². The number of hydrogen-bond donors (Lipinski definition) is 3. The van der Waals surface area contributed by atoms with Gasteiger partial charge in [0.1, 0.15) is 6.04 Å². The van der Waals surface area contributed by atoms with E-state index in [2.05, 4.69) is 26.6 Å². The lowest BCUT2D eigenvalue weighted by atomic mass is 9.70. The SMILES string of the molecule is Cc1ccc(C)c(NC(=O)C2N(CCCCO)C(=O)[C@@H]3[C@H](C(=O)Nc4ccccc4)[C@H]4SC23CC4Br)c1. The molecule has 3 N–H and O–H groups in total. The molecule has 2 bridgehead atoms. The second-order valence-corrected chi connectivity index (χ2v) is 13.0. The number of alkyl halides is 1. The van der Waals surface area contributed by atoms with E-state index >= 15 is 0 Å². The second-order valence-electron chi connectivity index (χ2n) is 10.3. The quantitative estimate of drug-likeness (QED) is 0.320. The fraction of sp³-hybridized carbons (Fsp3) is 0.464. The molecule has 37 heavy (non-hydrogen) atoms. The predicted molar refractivity (Wildman–Crippen MR) is 150 cm³/mol. The molecule has 1 spiro atoms. The Labute approximate surface area is 229 Å². The average molecular weight is 587 g/mol. The standard InChI is InChI=1S/C28H32BrN3O4S/c1-16-10-11-17(2)20(14-16)31-26(35)24-28-15-19(29)23(37-28)21(25(34)30-18-8-4-3-5-9-18)22(28)27(36)32(24)12-6-7-13-33/h3-5,8-11,14,19,21-24,33H,6-7,12-13,15H2,1-2H3,(H,30,34)(H,31,35)/t19?,21-,22-,23-,24?,28?/m0/s1. The first kappa shape index (κ1) is 26.3. The third-order valence-electron chi connectivity index (χ3n) is 7.84. The van der Waals surface area contributed by atoms with Crippen molar-refractivity contribution in [2.75, 3.05) is 23.8 Å². The number of thioether (sulfide) groups is 1. The zero-order chi connectivity index (χ0) is 26.3. The molecule has 0 saturated carbocycles. The molecule has 3 aliphatic rings. The first-order chi connectivity index (χ1) is 17.8. The van der Waals surface area contributed by atoms with Crippen molar-refractivity contribution in [1.29, 1.82) is 0 Å². The first-order valence-electron chi connectivity index (χ1n) is 12.7. The molecule has 2 aromatic carbocycles. The Morgan fingerprint density at radius 3 is 2.59 bits per heavy atom. The van der Waals surface area contributed by atoms with Crippen molar-refractivity contribution in [1.82, 2.24) is 4.90 Å². The predicted octanol–water partition coefficient (Wildman–Crippen LogP) is 4.12. The summed E-state index contributed by atoms with van der Waals surface area (Å²) in [5.74, 6) is -1.66. The molecule has 0 aromatic heterocycles. The van der Waals surface area contributed by atoms with Crippen molar-refractivity contribution in [3.63, 3.8) is 0 Å². The molecule has 9 heteroatoms. The minimum atomic E-state index is -0.701. The smallest absolute Gasteiger partial charge is 0.248 e. The molecule has 7 nitrogen and oxygen atoms in total. The number of para-hydroxylation sites is 1. The van der Waals surface area contributed by atoms with Gasteiger partial charge in [-0.2, -0.15) is 0 Å². The van der Waals surface area contributed by atoms with Gasteiger partial charge in [-0.25, -0.2) is 0 Å². The molecule has 5 rings (SSSR count). The zero-order valence-corrected chi connectivity index (χ0v) is 23.3. The second kappa shape index (κ2) is 10.4. The van der Waals surface area contributed by atoms with E-state index in [1.165, 1.54) is 0 Å². The van der Waals surface area contributed by atoms with E-state index in [-0.39, 0.29) is 34.4 Å². The van der Waals surface area contributed by atoms with Crippen LogP contribution in [0, 0.1) is 25.7 Å². The Balaban J connectivity index is 1.49. The lowest BCUT2D eigenvalue weighted by Gasteiger charge is -2.35. The van der Waals surface area contributed by atoms with Crippen LogP contribution in [0.3, 0.4) is 0 Å². The van der Waals surface area contributed by atoms with Gasteiger partial charge in [0.05, 0.1) is 16.6 Å². The van der Waals surface area contributed by atoms with Gasteiger partial charge in [-0.05, 0) is 62.4 Å². The number of nitrogens with one attached hydrogen (secondary N) is 2. The number of hydrogen-bond acceptors (Lipinski definition) is 5. The highest BCUT2D eigenvalue weighted by molar-refractivity contribution is 9.09. The zero-order valence-electron chi connectivity index (χ0n) is 20.9. The maximum atomic E-state index is 14.0. The summed E-state index contributed by atoms with van der Waals surface area (Å²) in [7, 11) is 0. The highest BCUT2D eigenvalue weighted by Crippen LogP contribution is 2.67. The molecule has 0 radical (unpaired) electrons. The first-order valence-corrected chi connectivity index (χ1v) is 14.5. The van der Waals surface area contributed by atoms with Gasteiger partial charge in [0.25, 0.3) is 0 Å². The Bertz CT molecular complexity index is 1210. The highest BCUT2D eigenvalue weighted by atomic mass is 79.9. The molecule has 6 atom stereocenters. The number of benzene rings is 2. The molecule has 196 valence electrons. The van der Waals surface area contributed by atoms with E-state index in [4.69, 9.17) is 0 Å². The summed E-state index contributed by atoms with van der Waals surface area (Å²) in [6.07, 6.45) is 1.77. The fourth-order valence-electron chi connectivity index (χ4n) is 6.18. The van der Waals surface area contributed by atoms with Crippen LogP contribution in [0.4, 0.5) is 11.4 Å². The number of aliphatic hydroxyl groups is 1. The van der Waals surface area contributed by atoms with Crippen LogP contribution < -0.4 is 10.6 Å². The van der Waals surface area contributed by atoms with E-state index in [1.807, 2.05) is 62.4 Å². The molecule has 3 saturated heterocycles. The van der Waals surface area contributed by atoms with E-state index in [9.17, 15) is 19.5 Å². The number of unbranched alkanes of at least 4 members (excludes halogenated alkanes) is 1. The van der Waals surface area contributed by atoms with Crippen LogP contribution in [0.1, 0.15) is 30.4 Å². The molecule has 3 heterocycles. The Kier molecular flexibility index (Phi) is 7.40. The molecular formula is C28H32BrN3O4S. The van der Waals surface area contributed by atoms with Gasteiger partial charge in [0.2, 0.25) is 17.7 Å². The number of carbonyl (C=O) groups is 3. The van der Waals surface area contributed by atoms with E-state index in [0.29, 0.717) is 31.5 Å². The third kappa shape index (κ3) is 4.59. The van der Waals surface area contributed by atoms with Gasteiger partial charge in [0.15, 0.2) is 0 Å². The molecule has 3 amide bonds. The number of aliphatic hydroxyl groups excluding tert-OH is 1. The van der Waals surface area contributed by atoms with Crippen LogP contribution in [-0.2, 0) is 14.4 Å². The molecule has 2 aromatic rings. The number of halogens is 1. The largest absolute Gasteiger partial charge is 0.396 e. The van der Waals surface area contributed by atoms with Crippen molar-refractivity contribution in [2.24, 2.45) is 11.8 Å². The summed E-state index contributed by atoms with van der Waals surface area (Å²) in [6.45, 7) is 4.32. The van der Waals surface area contributed by atoms with Gasteiger partial charge in [-0.1, -0.05) is 46.3 Å². The van der Waals surface area contributed by atoms with Gasteiger partial charge in [-0.3, -0.25) is 14.4 Å². The van der Waals surface area contributed by atoms with Crippen molar-refractivity contribution >= 4 is 56.8 Å².